The van der Waals surface area contributed by atoms with Gasteiger partial charge in [0.1, 0.15) is 0 Å². The van der Waals surface area contributed by atoms with E-state index in [-0.39, 0.29) is 17.4 Å². The van der Waals surface area contributed by atoms with E-state index in [4.69, 9.17) is 12.2 Å². The van der Waals surface area contributed by atoms with Gasteiger partial charge in [0, 0.05) is 12.6 Å². The molecule has 4 bridgehead atoms. The van der Waals surface area contributed by atoms with Crippen LogP contribution in [0.1, 0.15) is 38.5 Å². The van der Waals surface area contributed by atoms with Crippen molar-refractivity contribution in [3.8, 4) is 12.3 Å². The van der Waals surface area contributed by atoms with Crippen LogP contribution in [0.2, 0.25) is 0 Å². The van der Waals surface area contributed by atoms with Crippen LogP contribution >= 0.6 is 0 Å². The van der Waals surface area contributed by atoms with Crippen LogP contribution in [0, 0.1) is 35.5 Å². The van der Waals surface area contributed by atoms with Crippen LogP contribution in [0.15, 0.2) is 0 Å². The van der Waals surface area contributed by atoms with Gasteiger partial charge in [-0.25, -0.2) is 0 Å². The van der Waals surface area contributed by atoms with E-state index in [1.807, 2.05) is 0 Å². The maximum atomic E-state index is 11.5. The summed E-state index contributed by atoms with van der Waals surface area (Å²) >= 11 is 0. The van der Waals surface area contributed by atoms with Crippen molar-refractivity contribution in [3.63, 3.8) is 0 Å². The molecule has 0 radical (unpaired) electrons. The van der Waals surface area contributed by atoms with Crippen molar-refractivity contribution in [3.05, 3.63) is 0 Å². The third-order valence-electron chi connectivity index (χ3n) is 5.50. The number of hydrogen-bond donors (Lipinski definition) is 2. The maximum absolute atomic E-state index is 11.5. The first-order valence-corrected chi connectivity index (χ1v) is 7.12. The van der Waals surface area contributed by atoms with Gasteiger partial charge in [0.15, 0.2) is 0 Å². The van der Waals surface area contributed by atoms with E-state index >= 15 is 0 Å². The molecular weight excluding hydrogens is 224 g/mol. The first-order chi connectivity index (χ1) is 8.65. The van der Waals surface area contributed by atoms with Gasteiger partial charge in [-0.2, -0.15) is 0 Å². The number of nitrogens with one attached hydrogen (secondary N) is 1. The highest BCUT2D eigenvalue weighted by atomic mass is 16.1. The minimum Gasteiger partial charge on any atom is -0.341 e. The fourth-order valence-electron chi connectivity index (χ4n) is 5.27. The summed E-state index contributed by atoms with van der Waals surface area (Å²) < 4.78 is 0. The fourth-order valence-corrected chi connectivity index (χ4v) is 5.27. The lowest BCUT2D eigenvalue weighted by Crippen LogP contribution is -2.59. The second kappa shape index (κ2) is 4.28. The average molecular weight is 246 g/mol. The van der Waals surface area contributed by atoms with Crippen LogP contribution < -0.4 is 11.1 Å². The summed E-state index contributed by atoms with van der Waals surface area (Å²) in [6.45, 7) is 0.513. The highest BCUT2D eigenvalue weighted by Crippen LogP contribution is 2.61. The Morgan fingerprint density at radius 3 is 2.17 bits per heavy atom. The zero-order valence-electron chi connectivity index (χ0n) is 10.8. The van der Waals surface area contributed by atoms with Gasteiger partial charge >= 0.3 is 0 Å². The maximum Gasteiger partial charge on any atom is 0.295 e. The molecule has 0 spiro atoms. The van der Waals surface area contributed by atoms with Gasteiger partial charge in [-0.15, -0.1) is 6.42 Å². The topological polar surface area (TPSA) is 55.1 Å². The van der Waals surface area contributed by atoms with Crippen molar-refractivity contribution in [2.24, 2.45) is 28.9 Å². The predicted molar refractivity (Wildman–Crippen MR) is 70.4 cm³/mol. The Morgan fingerprint density at radius 1 is 1.28 bits per heavy atom. The molecule has 4 rings (SSSR count). The molecule has 1 unspecified atom stereocenters. The van der Waals surface area contributed by atoms with Gasteiger partial charge in [0.25, 0.3) is 5.91 Å². The van der Waals surface area contributed by atoms with Crippen LogP contribution in [0.25, 0.3) is 0 Å². The molecule has 3 heteroatoms. The van der Waals surface area contributed by atoms with Crippen molar-refractivity contribution in [1.29, 1.82) is 0 Å². The zero-order chi connectivity index (χ0) is 12.8. The number of carbonyl (C=O) groups is 1. The summed E-state index contributed by atoms with van der Waals surface area (Å²) in [5.74, 6) is 4.46. The Kier molecular flexibility index (Phi) is 2.86. The van der Waals surface area contributed by atoms with Crippen molar-refractivity contribution in [2.45, 2.75) is 44.6 Å². The third kappa shape index (κ3) is 1.83. The molecule has 3 nitrogen and oxygen atoms in total. The lowest BCUT2D eigenvalue weighted by atomic mass is 9.47. The molecule has 0 saturated heterocycles. The Bertz CT molecular complexity index is 361. The highest BCUT2D eigenvalue weighted by Gasteiger charge is 2.54. The normalized spacial score (nSPS) is 42.3. The van der Waals surface area contributed by atoms with Crippen LogP contribution in [0.5, 0.6) is 0 Å². The lowest BCUT2D eigenvalue weighted by molar-refractivity contribution is -0.120. The summed E-state index contributed by atoms with van der Waals surface area (Å²) in [5.41, 5.74) is 6.16. The Balaban J connectivity index is 1.81. The minimum atomic E-state index is -0.304. The highest BCUT2D eigenvalue weighted by molar-refractivity contribution is 5.93. The first kappa shape index (κ1) is 12.0. The second-order valence-electron chi connectivity index (χ2n) is 6.69. The number of terminal acetylenes is 1. The third-order valence-corrected chi connectivity index (χ3v) is 5.50. The minimum absolute atomic E-state index is 0.0782. The van der Waals surface area contributed by atoms with Crippen molar-refractivity contribution >= 4 is 5.91 Å². The molecule has 4 aliphatic rings. The first-order valence-electron chi connectivity index (χ1n) is 7.12. The van der Waals surface area contributed by atoms with Crippen LogP contribution in [-0.2, 0) is 4.79 Å². The summed E-state index contributed by atoms with van der Waals surface area (Å²) in [7, 11) is 0. The smallest absolute Gasteiger partial charge is 0.295 e. The Morgan fingerprint density at radius 2 is 1.78 bits per heavy atom. The van der Waals surface area contributed by atoms with Crippen LogP contribution in [0.3, 0.4) is 0 Å². The molecule has 4 fully saturated rings. The van der Waals surface area contributed by atoms with E-state index in [1.165, 1.54) is 38.5 Å². The predicted octanol–water partition coefficient (Wildman–Crippen LogP) is 1.28. The van der Waals surface area contributed by atoms with Crippen LogP contribution in [-0.4, -0.2) is 18.5 Å². The van der Waals surface area contributed by atoms with Gasteiger partial charge in [0.05, 0.1) is 0 Å². The summed E-state index contributed by atoms with van der Waals surface area (Å²) in [5, 5.41) is 2.97. The molecule has 0 aliphatic heterocycles. The molecule has 4 saturated carbocycles. The van der Waals surface area contributed by atoms with E-state index in [2.05, 4.69) is 11.2 Å². The van der Waals surface area contributed by atoms with Crippen molar-refractivity contribution < 1.29 is 4.79 Å². The molecular formula is C15H22N2O. The molecule has 1 amide bonds. The average Bonchev–Trinajstić information content (AvgIpc) is 2.33. The number of amides is 1. The van der Waals surface area contributed by atoms with Crippen molar-refractivity contribution in [2.75, 3.05) is 6.54 Å². The van der Waals surface area contributed by atoms with E-state index in [9.17, 15) is 4.79 Å². The van der Waals surface area contributed by atoms with E-state index in [1.54, 1.807) is 0 Å². The molecule has 0 aromatic heterocycles. The van der Waals surface area contributed by atoms with E-state index < -0.39 is 0 Å². The molecule has 3 N–H and O–H groups in total. The molecule has 1 atom stereocenters. The number of hydrogen-bond acceptors (Lipinski definition) is 2. The van der Waals surface area contributed by atoms with Gasteiger partial charge in [-0.3, -0.25) is 4.79 Å². The van der Waals surface area contributed by atoms with Gasteiger partial charge in [-0.1, -0.05) is 0 Å². The number of nitrogens with two attached hydrogens (primary N) is 1. The summed E-state index contributed by atoms with van der Waals surface area (Å²) in [6, 6.07) is 0.0782. The Hall–Kier alpha value is -1.01. The number of carbonyl (C=O) groups excluding carboxylic acids is 1. The van der Waals surface area contributed by atoms with Gasteiger partial charge in [0.2, 0.25) is 0 Å². The summed E-state index contributed by atoms with van der Waals surface area (Å²) in [6.07, 6.45) is 13.1. The molecule has 0 aromatic carbocycles. The van der Waals surface area contributed by atoms with Crippen LogP contribution in [0.4, 0.5) is 0 Å². The summed E-state index contributed by atoms with van der Waals surface area (Å²) in [4.78, 5) is 11.5. The van der Waals surface area contributed by atoms with E-state index in [0.717, 1.165) is 17.8 Å². The molecule has 0 aromatic rings. The van der Waals surface area contributed by atoms with Crippen molar-refractivity contribution in [1.82, 2.24) is 5.32 Å². The zero-order valence-corrected chi connectivity index (χ0v) is 10.8. The standard InChI is InChI=1S/C15H22N2O/c1-2-14(18)17-13(9-16)15-6-10-3-11(7-15)5-12(4-10)8-15/h1,10-13H,3-9,16H2,(H,17,18). The lowest BCUT2D eigenvalue weighted by Gasteiger charge is -2.59. The van der Waals surface area contributed by atoms with E-state index in [0.29, 0.717) is 6.54 Å². The van der Waals surface area contributed by atoms with Gasteiger partial charge < -0.3 is 11.1 Å². The molecule has 98 valence electrons. The largest absolute Gasteiger partial charge is 0.341 e. The number of rotatable bonds is 3. The fraction of sp³-hybridized carbons (Fsp3) is 0.800. The molecule has 4 aliphatic carbocycles. The monoisotopic (exact) mass is 246 g/mol. The van der Waals surface area contributed by atoms with Gasteiger partial charge in [-0.05, 0) is 67.6 Å². The second-order valence-corrected chi connectivity index (χ2v) is 6.69. The SMILES string of the molecule is C#CC(=O)NC(CN)C12CC3CC(CC(C3)C1)C2. The molecule has 18 heavy (non-hydrogen) atoms. The Labute approximate surface area is 109 Å². The quantitative estimate of drug-likeness (QED) is 0.737. The molecule has 0 heterocycles.